The van der Waals surface area contributed by atoms with Gasteiger partial charge in [-0.2, -0.15) is 0 Å². The number of nitrogens with zero attached hydrogens (tertiary/aromatic N) is 2. The van der Waals surface area contributed by atoms with E-state index in [1.807, 2.05) is 26.0 Å². The summed E-state index contributed by atoms with van der Waals surface area (Å²) in [7, 11) is 0. The maximum Gasteiger partial charge on any atom is 0.328 e. The van der Waals surface area contributed by atoms with Gasteiger partial charge in [0, 0.05) is 18.7 Å². The van der Waals surface area contributed by atoms with Gasteiger partial charge in [0.2, 0.25) is 5.91 Å². The molecule has 5 heteroatoms. The standard InChI is InChI=1S/C11H13N3O2/c1-7-3-4-9(8(2)12-7)14-6-5-10(15)13-11(14)16/h3-4H,5-6H2,1-2H3,(H,13,15,16). The minimum Gasteiger partial charge on any atom is -0.292 e. The number of carbonyl (C=O) groups excluding carboxylic acids is 2. The number of imide groups is 1. The first-order valence-corrected chi connectivity index (χ1v) is 5.13. The van der Waals surface area contributed by atoms with Crippen LogP contribution in [0.4, 0.5) is 10.5 Å². The molecule has 1 aromatic heterocycles. The first kappa shape index (κ1) is 10.6. The van der Waals surface area contributed by atoms with Crippen molar-refractivity contribution in [3.8, 4) is 0 Å². The predicted octanol–water partition coefficient (Wildman–Crippen LogP) is 1.14. The number of carbonyl (C=O) groups is 2. The number of aryl methyl sites for hydroxylation is 2. The van der Waals surface area contributed by atoms with Gasteiger partial charge in [0.05, 0.1) is 11.4 Å². The summed E-state index contributed by atoms with van der Waals surface area (Å²) in [4.78, 5) is 28.5. The number of hydrogen-bond acceptors (Lipinski definition) is 3. The monoisotopic (exact) mass is 219 g/mol. The molecule has 0 atom stereocenters. The van der Waals surface area contributed by atoms with Gasteiger partial charge in [0.15, 0.2) is 0 Å². The quantitative estimate of drug-likeness (QED) is 0.770. The minimum absolute atomic E-state index is 0.223. The van der Waals surface area contributed by atoms with Gasteiger partial charge in [0.25, 0.3) is 0 Å². The van der Waals surface area contributed by atoms with E-state index in [0.29, 0.717) is 13.0 Å². The summed E-state index contributed by atoms with van der Waals surface area (Å²) < 4.78 is 0. The van der Waals surface area contributed by atoms with E-state index in [1.165, 1.54) is 0 Å². The summed E-state index contributed by atoms with van der Waals surface area (Å²) in [5.41, 5.74) is 2.47. The zero-order chi connectivity index (χ0) is 11.7. The molecule has 1 fully saturated rings. The molecule has 3 amide bonds. The van der Waals surface area contributed by atoms with Gasteiger partial charge in [-0.25, -0.2) is 4.79 Å². The van der Waals surface area contributed by atoms with Crippen LogP contribution >= 0.6 is 0 Å². The highest BCUT2D eigenvalue weighted by Crippen LogP contribution is 2.20. The molecule has 1 aromatic rings. The van der Waals surface area contributed by atoms with Crippen molar-refractivity contribution in [2.24, 2.45) is 0 Å². The number of aromatic nitrogens is 1. The molecule has 0 spiro atoms. The second-order valence-corrected chi connectivity index (χ2v) is 3.81. The normalized spacial score (nSPS) is 16.2. The molecule has 0 bridgehead atoms. The van der Waals surface area contributed by atoms with Crippen LogP contribution in [0.5, 0.6) is 0 Å². The lowest BCUT2D eigenvalue weighted by atomic mass is 10.2. The molecule has 0 aromatic carbocycles. The molecular weight excluding hydrogens is 206 g/mol. The molecule has 2 heterocycles. The van der Waals surface area contributed by atoms with E-state index in [9.17, 15) is 9.59 Å². The molecule has 0 aliphatic carbocycles. The Morgan fingerprint density at radius 3 is 2.69 bits per heavy atom. The van der Waals surface area contributed by atoms with Crippen LogP contribution in [0.25, 0.3) is 0 Å². The number of amides is 3. The molecule has 84 valence electrons. The highest BCUT2D eigenvalue weighted by atomic mass is 16.2. The Hall–Kier alpha value is -1.91. The second kappa shape index (κ2) is 3.92. The van der Waals surface area contributed by atoms with Crippen molar-refractivity contribution < 1.29 is 9.59 Å². The zero-order valence-electron chi connectivity index (χ0n) is 9.28. The number of anilines is 1. The Balaban J connectivity index is 2.30. The molecule has 1 N–H and O–H groups in total. The highest BCUT2D eigenvalue weighted by molar-refractivity contribution is 6.05. The fourth-order valence-electron chi connectivity index (χ4n) is 1.76. The summed E-state index contributed by atoms with van der Waals surface area (Å²) in [6.45, 7) is 4.17. The lowest BCUT2D eigenvalue weighted by Crippen LogP contribution is -2.49. The molecule has 2 rings (SSSR count). The van der Waals surface area contributed by atoms with E-state index in [2.05, 4.69) is 10.3 Å². The average Bonchev–Trinajstić information content (AvgIpc) is 2.19. The third-order valence-electron chi connectivity index (χ3n) is 2.54. The SMILES string of the molecule is Cc1ccc(N2CCC(=O)NC2=O)c(C)n1. The maximum atomic E-state index is 11.6. The summed E-state index contributed by atoms with van der Waals surface area (Å²) >= 11 is 0. The molecule has 0 saturated carbocycles. The number of hydrogen-bond donors (Lipinski definition) is 1. The van der Waals surface area contributed by atoms with Crippen molar-refractivity contribution >= 4 is 17.6 Å². The lowest BCUT2D eigenvalue weighted by molar-refractivity contribution is -0.120. The number of nitrogens with one attached hydrogen (secondary N) is 1. The van der Waals surface area contributed by atoms with E-state index < -0.39 is 0 Å². The van der Waals surface area contributed by atoms with Crippen LogP contribution in [0.3, 0.4) is 0 Å². The van der Waals surface area contributed by atoms with Crippen LogP contribution in [0.15, 0.2) is 12.1 Å². The molecule has 5 nitrogen and oxygen atoms in total. The number of rotatable bonds is 1. The largest absolute Gasteiger partial charge is 0.328 e. The van der Waals surface area contributed by atoms with Gasteiger partial charge < -0.3 is 0 Å². The fourth-order valence-corrected chi connectivity index (χ4v) is 1.76. The van der Waals surface area contributed by atoms with E-state index in [1.54, 1.807) is 4.90 Å². The first-order valence-electron chi connectivity index (χ1n) is 5.13. The molecule has 1 saturated heterocycles. The summed E-state index contributed by atoms with van der Waals surface area (Å²) in [5.74, 6) is -0.223. The Bertz CT molecular complexity index is 457. The number of urea groups is 1. The van der Waals surface area contributed by atoms with E-state index in [0.717, 1.165) is 17.1 Å². The highest BCUT2D eigenvalue weighted by Gasteiger charge is 2.25. The first-order chi connectivity index (χ1) is 7.58. The van der Waals surface area contributed by atoms with Crippen molar-refractivity contribution in [1.29, 1.82) is 0 Å². The minimum atomic E-state index is -0.370. The van der Waals surface area contributed by atoms with E-state index >= 15 is 0 Å². The number of pyridine rings is 1. The third kappa shape index (κ3) is 1.88. The van der Waals surface area contributed by atoms with Crippen LogP contribution in [-0.4, -0.2) is 23.5 Å². The Morgan fingerprint density at radius 2 is 2.06 bits per heavy atom. The third-order valence-corrected chi connectivity index (χ3v) is 2.54. The van der Waals surface area contributed by atoms with Crippen LogP contribution in [-0.2, 0) is 4.79 Å². The van der Waals surface area contributed by atoms with Crippen molar-refractivity contribution in [3.63, 3.8) is 0 Å². The Morgan fingerprint density at radius 1 is 1.31 bits per heavy atom. The zero-order valence-corrected chi connectivity index (χ0v) is 9.28. The molecule has 0 radical (unpaired) electrons. The van der Waals surface area contributed by atoms with Gasteiger partial charge in [-0.3, -0.25) is 20.0 Å². The Labute approximate surface area is 93.5 Å². The predicted molar refractivity (Wildman–Crippen MR) is 59.2 cm³/mol. The second-order valence-electron chi connectivity index (χ2n) is 3.81. The van der Waals surface area contributed by atoms with E-state index in [4.69, 9.17) is 0 Å². The van der Waals surface area contributed by atoms with Crippen LogP contribution in [0.2, 0.25) is 0 Å². The van der Waals surface area contributed by atoms with Crippen molar-refractivity contribution in [2.45, 2.75) is 20.3 Å². The summed E-state index contributed by atoms with van der Waals surface area (Å²) in [6, 6.07) is 3.34. The molecule has 1 aliphatic heterocycles. The van der Waals surface area contributed by atoms with E-state index in [-0.39, 0.29) is 11.9 Å². The van der Waals surface area contributed by atoms with Gasteiger partial charge in [-0.15, -0.1) is 0 Å². The topological polar surface area (TPSA) is 62.3 Å². The van der Waals surface area contributed by atoms with Crippen LogP contribution in [0.1, 0.15) is 17.8 Å². The summed E-state index contributed by atoms with van der Waals surface area (Å²) in [5, 5.41) is 2.29. The molecule has 0 unspecified atom stereocenters. The molecule has 16 heavy (non-hydrogen) atoms. The van der Waals surface area contributed by atoms with Crippen molar-refractivity contribution in [1.82, 2.24) is 10.3 Å². The van der Waals surface area contributed by atoms with Crippen molar-refractivity contribution in [2.75, 3.05) is 11.4 Å². The van der Waals surface area contributed by atoms with Crippen molar-refractivity contribution in [3.05, 3.63) is 23.5 Å². The average molecular weight is 219 g/mol. The van der Waals surface area contributed by atoms with Crippen LogP contribution < -0.4 is 10.2 Å². The molecule has 1 aliphatic rings. The van der Waals surface area contributed by atoms with Gasteiger partial charge in [-0.1, -0.05) is 0 Å². The lowest BCUT2D eigenvalue weighted by Gasteiger charge is -2.27. The fraction of sp³-hybridized carbons (Fsp3) is 0.364. The van der Waals surface area contributed by atoms with Crippen LogP contribution in [0, 0.1) is 13.8 Å². The van der Waals surface area contributed by atoms with Gasteiger partial charge >= 0.3 is 6.03 Å². The maximum absolute atomic E-state index is 11.6. The molecular formula is C11H13N3O2. The summed E-state index contributed by atoms with van der Waals surface area (Å²) in [6.07, 6.45) is 0.332. The Kier molecular flexibility index (Phi) is 2.60. The smallest absolute Gasteiger partial charge is 0.292 e. The van der Waals surface area contributed by atoms with Gasteiger partial charge in [0.1, 0.15) is 0 Å². The van der Waals surface area contributed by atoms with Gasteiger partial charge in [-0.05, 0) is 26.0 Å².